The molecule has 1 heterocycles. The molecule has 1 unspecified atom stereocenters. The minimum Gasteiger partial charge on any atom is -0.378 e. The average molecular weight is 458 g/mol. The highest BCUT2D eigenvalue weighted by atomic mass is 35.5. The van der Waals surface area contributed by atoms with Crippen LogP contribution in [-0.4, -0.2) is 75.5 Å². The Kier molecular flexibility index (Phi) is 8.12. The third kappa shape index (κ3) is 6.00. The quantitative estimate of drug-likeness (QED) is 0.653. The fourth-order valence-electron chi connectivity index (χ4n) is 3.78. The number of benzene rings is 2. The van der Waals surface area contributed by atoms with Crippen LogP contribution < -0.4 is 15.5 Å². The molecule has 8 heteroatoms. The summed E-state index contributed by atoms with van der Waals surface area (Å²) in [5.41, 5.74) is 3.50. The second kappa shape index (κ2) is 10.8. The van der Waals surface area contributed by atoms with Gasteiger partial charge in [-0.1, -0.05) is 29.8 Å². The van der Waals surface area contributed by atoms with Crippen molar-refractivity contribution in [1.29, 1.82) is 0 Å². The van der Waals surface area contributed by atoms with Crippen LogP contribution >= 0.6 is 11.6 Å². The molecule has 3 rings (SSSR count). The second-order valence-corrected chi connectivity index (χ2v) is 8.82. The summed E-state index contributed by atoms with van der Waals surface area (Å²) in [6.45, 7) is 5.90. The summed E-state index contributed by atoms with van der Waals surface area (Å²) in [5, 5.41) is 6.03. The summed E-state index contributed by atoms with van der Waals surface area (Å²) in [4.78, 5) is 31.8. The van der Waals surface area contributed by atoms with Gasteiger partial charge in [0.25, 0.3) is 0 Å². The van der Waals surface area contributed by atoms with Gasteiger partial charge < -0.3 is 20.4 Å². The molecule has 0 spiro atoms. The van der Waals surface area contributed by atoms with Crippen molar-refractivity contribution in [2.75, 3.05) is 64.1 Å². The molecule has 2 amide bonds. The third-order valence-electron chi connectivity index (χ3n) is 5.95. The van der Waals surface area contributed by atoms with E-state index in [1.807, 2.05) is 14.1 Å². The third-order valence-corrected chi connectivity index (χ3v) is 6.36. The van der Waals surface area contributed by atoms with Crippen LogP contribution in [0.3, 0.4) is 0 Å². The maximum absolute atomic E-state index is 12.6. The number of piperazine rings is 1. The zero-order valence-electron chi connectivity index (χ0n) is 19.2. The Morgan fingerprint density at radius 2 is 1.69 bits per heavy atom. The van der Waals surface area contributed by atoms with E-state index in [1.54, 1.807) is 25.1 Å². The maximum atomic E-state index is 12.6. The molecule has 0 radical (unpaired) electrons. The normalized spacial score (nSPS) is 15.8. The Morgan fingerprint density at radius 3 is 2.31 bits per heavy atom. The van der Waals surface area contributed by atoms with E-state index in [-0.39, 0.29) is 6.04 Å². The van der Waals surface area contributed by atoms with Gasteiger partial charge in [0.05, 0.1) is 6.04 Å². The van der Waals surface area contributed by atoms with Gasteiger partial charge in [0, 0.05) is 63.2 Å². The molecule has 2 aromatic carbocycles. The van der Waals surface area contributed by atoms with Gasteiger partial charge >= 0.3 is 11.8 Å². The van der Waals surface area contributed by atoms with Crippen molar-refractivity contribution in [1.82, 2.24) is 15.1 Å². The number of anilines is 2. The second-order valence-electron chi connectivity index (χ2n) is 8.42. The van der Waals surface area contributed by atoms with Crippen LogP contribution in [0, 0.1) is 6.92 Å². The molecular weight excluding hydrogens is 426 g/mol. The van der Waals surface area contributed by atoms with E-state index in [1.165, 1.54) is 0 Å². The Labute approximate surface area is 195 Å². The Bertz CT molecular complexity index is 940. The summed E-state index contributed by atoms with van der Waals surface area (Å²) in [6.07, 6.45) is 0. The summed E-state index contributed by atoms with van der Waals surface area (Å²) < 4.78 is 0. The highest BCUT2D eigenvalue weighted by molar-refractivity contribution is 6.40. The van der Waals surface area contributed by atoms with E-state index < -0.39 is 11.8 Å². The van der Waals surface area contributed by atoms with Crippen LogP contribution in [0.4, 0.5) is 11.4 Å². The molecule has 0 saturated carbocycles. The number of nitrogens with one attached hydrogen (secondary N) is 2. The summed E-state index contributed by atoms with van der Waals surface area (Å²) >= 11 is 6.11. The fraction of sp³-hybridized carbons (Fsp3) is 0.417. The lowest BCUT2D eigenvalue weighted by Crippen LogP contribution is -2.49. The number of carbonyl (C=O) groups excluding carboxylic acids is 2. The molecule has 2 aromatic rings. The monoisotopic (exact) mass is 457 g/mol. The topological polar surface area (TPSA) is 67.9 Å². The molecule has 1 saturated heterocycles. The van der Waals surface area contributed by atoms with E-state index in [0.29, 0.717) is 17.3 Å². The van der Waals surface area contributed by atoms with Crippen LogP contribution in [0.2, 0.25) is 5.02 Å². The molecular formula is C24H32ClN5O2. The standard InChI is InChI=1S/C24H32ClN5O2/c1-17-20(25)6-5-7-21(17)27-24(32)23(31)26-16-22(30-14-12-29(4)13-15-30)18-8-10-19(11-9-18)28(2)3/h5-11,22H,12-16H2,1-4H3,(H,26,31)(H,27,32). The molecule has 2 N–H and O–H groups in total. The van der Waals surface area contributed by atoms with Gasteiger partial charge in [-0.25, -0.2) is 0 Å². The summed E-state index contributed by atoms with van der Waals surface area (Å²) in [7, 11) is 6.13. The zero-order chi connectivity index (χ0) is 23.3. The van der Waals surface area contributed by atoms with Crippen LogP contribution in [0.15, 0.2) is 42.5 Å². The van der Waals surface area contributed by atoms with Crippen LogP contribution in [0.1, 0.15) is 17.2 Å². The first-order valence-corrected chi connectivity index (χ1v) is 11.2. The van der Waals surface area contributed by atoms with E-state index >= 15 is 0 Å². The molecule has 172 valence electrons. The highest BCUT2D eigenvalue weighted by Crippen LogP contribution is 2.25. The van der Waals surface area contributed by atoms with Crippen LogP contribution in [-0.2, 0) is 9.59 Å². The van der Waals surface area contributed by atoms with Crippen LogP contribution in [0.25, 0.3) is 0 Å². The van der Waals surface area contributed by atoms with Gasteiger partial charge in [-0.05, 0) is 49.4 Å². The number of rotatable bonds is 6. The lowest BCUT2D eigenvalue weighted by molar-refractivity contribution is -0.136. The van der Waals surface area contributed by atoms with Gasteiger partial charge in [0.1, 0.15) is 0 Å². The number of amides is 2. The highest BCUT2D eigenvalue weighted by Gasteiger charge is 2.25. The van der Waals surface area contributed by atoms with Crippen molar-refractivity contribution in [3.63, 3.8) is 0 Å². The maximum Gasteiger partial charge on any atom is 0.313 e. The van der Waals surface area contributed by atoms with E-state index in [4.69, 9.17) is 11.6 Å². The molecule has 1 fully saturated rings. The molecule has 32 heavy (non-hydrogen) atoms. The number of likely N-dealkylation sites (N-methyl/N-ethyl adjacent to an activating group) is 1. The van der Waals surface area contributed by atoms with E-state index in [0.717, 1.165) is 43.0 Å². The first kappa shape index (κ1) is 24.0. The van der Waals surface area contributed by atoms with E-state index in [9.17, 15) is 9.59 Å². The minimum atomic E-state index is -0.699. The van der Waals surface area contributed by atoms with Gasteiger partial charge in [0.2, 0.25) is 0 Å². The number of hydrogen-bond donors (Lipinski definition) is 2. The lowest BCUT2D eigenvalue weighted by Gasteiger charge is -2.38. The Balaban J connectivity index is 1.69. The average Bonchev–Trinajstić information content (AvgIpc) is 2.78. The Morgan fingerprint density at radius 1 is 1.03 bits per heavy atom. The smallest absolute Gasteiger partial charge is 0.313 e. The molecule has 1 aliphatic heterocycles. The molecule has 0 bridgehead atoms. The molecule has 1 aliphatic rings. The van der Waals surface area contributed by atoms with Crippen molar-refractivity contribution in [2.24, 2.45) is 0 Å². The largest absolute Gasteiger partial charge is 0.378 e. The van der Waals surface area contributed by atoms with Crippen molar-refractivity contribution < 1.29 is 9.59 Å². The van der Waals surface area contributed by atoms with Gasteiger partial charge in [-0.3, -0.25) is 14.5 Å². The van der Waals surface area contributed by atoms with Crippen molar-refractivity contribution in [3.8, 4) is 0 Å². The Hall–Kier alpha value is -2.61. The SMILES string of the molecule is Cc1c(Cl)cccc1NC(=O)C(=O)NCC(c1ccc(N(C)C)cc1)N1CCN(C)CC1. The van der Waals surface area contributed by atoms with Gasteiger partial charge in [0.15, 0.2) is 0 Å². The van der Waals surface area contributed by atoms with E-state index in [2.05, 4.69) is 56.6 Å². The number of halogens is 1. The summed E-state index contributed by atoms with van der Waals surface area (Å²) in [5.74, 6) is -1.36. The zero-order valence-corrected chi connectivity index (χ0v) is 19.9. The molecule has 0 aliphatic carbocycles. The summed E-state index contributed by atoms with van der Waals surface area (Å²) in [6, 6.07) is 13.6. The molecule has 0 aromatic heterocycles. The molecule has 7 nitrogen and oxygen atoms in total. The van der Waals surface area contributed by atoms with Crippen molar-refractivity contribution >= 4 is 34.8 Å². The van der Waals surface area contributed by atoms with Crippen molar-refractivity contribution in [3.05, 3.63) is 58.6 Å². The number of carbonyl (C=O) groups is 2. The van der Waals surface area contributed by atoms with Gasteiger partial charge in [-0.15, -0.1) is 0 Å². The van der Waals surface area contributed by atoms with Crippen molar-refractivity contribution in [2.45, 2.75) is 13.0 Å². The predicted molar refractivity (Wildman–Crippen MR) is 130 cm³/mol. The van der Waals surface area contributed by atoms with Crippen LogP contribution in [0.5, 0.6) is 0 Å². The number of hydrogen-bond acceptors (Lipinski definition) is 5. The van der Waals surface area contributed by atoms with Gasteiger partial charge in [-0.2, -0.15) is 0 Å². The minimum absolute atomic E-state index is 0.00966. The first-order chi connectivity index (χ1) is 15.3. The fourth-order valence-corrected chi connectivity index (χ4v) is 3.95. The first-order valence-electron chi connectivity index (χ1n) is 10.8. The molecule has 1 atom stereocenters. The lowest BCUT2D eigenvalue weighted by atomic mass is 10.0. The predicted octanol–water partition coefficient (Wildman–Crippen LogP) is 2.76. The number of nitrogens with zero attached hydrogens (tertiary/aromatic N) is 3.